The summed E-state index contributed by atoms with van der Waals surface area (Å²) in [7, 11) is 0. The Hall–Kier alpha value is -1.88. The lowest BCUT2D eigenvalue weighted by molar-refractivity contribution is -0.385. The number of nitrogens with zero attached hydrogens (tertiary/aromatic N) is 3. The number of imidazole rings is 1. The Labute approximate surface area is 103 Å². The van der Waals surface area contributed by atoms with Gasteiger partial charge in [0.15, 0.2) is 0 Å². The number of hydrogen-bond donors (Lipinski definition) is 0. The molecule has 0 saturated carbocycles. The Kier molecular flexibility index (Phi) is 3.10. The first kappa shape index (κ1) is 11.6. The van der Waals surface area contributed by atoms with E-state index in [0.717, 1.165) is 5.82 Å². The van der Waals surface area contributed by atoms with Gasteiger partial charge in [0.05, 0.1) is 22.1 Å². The number of nitro benzene ring substituents is 1. The summed E-state index contributed by atoms with van der Waals surface area (Å²) in [4.78, 5) is 14.6. The highest BCUT2D eigenvalue weighted by molar-refractivity contribution is 6.31. The summed E-state index contributed by atoms with van der Waals surface area (Å²) < 4.78 is 1.81. The third kappa shape index (κ3) is 2.29. The predicted molar refractivity (Wildman–Crippen MR) is 64.2 cm³/mol. The number of benzene rings is 1. The van der Waals surface area contributed by atoms with Crippen molar-refractivity contribution in [2.24, 2.45) is 0 Å². The largest absolute Gasteiger partial charge is 0.330 e. The fourth-order valence-electron chi connectivity index (χ4n) is 1.62. The first-order valence-corrected chi connectivity index (χ1v) is 5.37. The molecule has 0 unspecified atom stereocenters. The Morgan fingerprint density at radius 3 is 2.88 bits per heavy atom. The maximum Gasteiger partial charge on any atom is 0.275 e. The third-order valence-corrected chi connectivity index (χ3v) is 2.90. The van der Waals surface area contributed by atoms with Crippen LogP contribution in [-0.4, -0.2) is 14.5 Å². The molecule has 0 fully saturated rings. The number of halogens is 1. The summed E-state index contributed by atoms with van der Waals surface area (Å²) >= 11 is 6.00. The number of aryl methyl sites for hydroxylation is 1. The van der Waals surface area contributed by atoms with Crippen LogP contribution in [0.1, 0.15) is 11.4 Å². The molecular weight excluding hydrogens is 242 g/mol. The van der Waals surface area contributed by atoms with Crippen LogP contribution >= 0.6 is 11.6 Å². The molecule has 0 amide bonds. The minimum Gasteiger partial charge on any atom is -0.330 e. The van der Waals surface area contributed by atoms with E-state index in [1.807, 2.05) is 11.5 Å². The molecule has 0 aliphatic rings. The Morgan fingerprint density at radius 1 is 1.53 bits per heavy atom. The number of rotatable bonds is 3. The second kappa shape index (κ2) is 4.55. The van der Waals surface area contributed by atoms with Gasteiger partial charge in [-0.2, -0.15) is 0 Å². The molecular formula is C11H10ClN3O2. The van der Waals surface area contributed by atoms with Crippen molar-refractivity contribution in [3.8, 4) is 0 Å². The summed E-state index contributed by atoms with van der Waals surface area (Å²) in [6, 6.07) is 4.67. The van der Waals surface area contributed by atoms with Gasteiger partial charge in [-0.25, -0.2) is 4.98 Å². The monoisotopic (exact) mass is 251 g/mol. The highest BCUT2D eigenvalue weighted by Gasteiger charge is 2.17. The summed E-state index contributed by atoms with van der Waals surface area (Å²) in [5, 5.41) is 11.3. The van der Waals surface area contributed by atoms with Gasteiger partial charge in [0.2, 0.25) is 0 Å². The van der Waals surface area contributed by atoms with Crippen molar-refractivity contribution in [1.29, 1.82) is 0 Å². The lowest BCUT2D eigenvalue weighted by atomic mass is 10.2. The molecule has 6 heteroatoms. The highest BCUT2D eigenvalue weighted by atomic mass is 35.5. The molecule has 2 aromatic rings. The SMILES string of the molecule is Cc1nccn1Cc1c(Cl)cccc1[N+](=O)[O-]. The van der Waals surface area contributed by atoms with Crippen LogP contribution in [0.2, 0.25) is 5.02 Å². The van der Waals surface area contributed by atoms with E-state index in [1.54, 1.807) is 24.5 Å². The van der Waals surface area contributed by atoms with Crippen LogP contribution in [0.3, 0.4) is 0 Å². The molecule has 17 heavy (non-hydrogen) atoms. The van der Waals surface area contributed by atoms with Crippen LogP contribution in [0, 0.1) is 17.0 Å². The maximum absolute atomic E-state index is 10.9. The van der Waals surface area contributed by atoms with E-state index in [9.17, 15) is 10.1 Å². The molecule has 88 valence electrons. The Balaban J connectivity index is 2.45. The maximum atomic E-state index is 10.9. The van der Waals surface area contributed by atoms with Crippen molar-refractivity contribution in [3.05, 3.63) is 57.1 Å². The normalized spacial score (nSPS) is 10.5. The van der Waals surface area contributed by atoms with Crippen molar-refractivity contribution in [1.82, 2.24) is 9.55 Å². The molecule has 0 bridgehead atoms. The third-order valence-electron chi connectivity index (χ3n) is 2.54. The zero-order valence-corrected chi connectivity index (χ0v) is 9.89. The molecule has 1 aromatic heterocycles. The van der Waals surface area contributed by atoms with Crippen LogP contribution in [0.5, 0.6) is 0 Å². The van der Waals surface area contributed by atoms with Crippen molar-refractivity contribution >= 4 is 17.3 Å². The van der Waals surface area contributed by atoms with Gasteiger partial charge in [-0.3, -0.25) is 10.1 Å². The van der Waals surface area contributed by atoms with Gasteiger partial charge in [-0.15, -0.1) is 0 Å². The van der Waals surface area contributed by atoms with Gasteiger partial charge in [-0.1, -0.05) is 17.7 Å². The average Bonchev–Trinajstić information content (AvgIpc) is 2.67. The molecule has 5 nitrogen and oxygen atoms in total. The van der Waals surface area contributed by atoms with E-state index in [2.05, 4.69) is 4.98 Å². The Morgan fingerprint density at radius 2 is 2.29 bits per heavy atom. The molecule has 0 N–H and O–H groups in total. The predicted octanol–water partition coefficient (Wildman–Crippen LogP) is 2.80. The van der Waals surface area contributed by atoms with Crippen molar-refractivity contribution in [2.75, 3.05) is 0 Å². The molecule has 0 atom stereocenters. The van der Waals surface area contributed by atoms with E-state index in [4.69, 9.17) is 11.6 Å². The number of aromatic nitrogens is 2. The van der Waals surface area contributed by atoms with E-state index >= 15 is 0 Å². The van der Waals surface area contributed by atoms with E-state index in [-0.39, 0.29) is 5.69 Å². The first-order chi connectivity index (χ1) is 8.09. The summed E-state index contributed by atoms with van der Waals surface area (Å²) in [6.45, 7) is 2.19. The standard InChI is InChI=1S/C11H10ClN3O2/c1-8-13-5-6-14(8)7-9-10(12)3-2-4-11(9)15(16)17/h2-6H,7H2,1H3. The van der Waals surface area contributed by atoms with Gasteiger partial charge in [0.1, 0.15) is 5.82 Å². The van der Waals surface area contributed by atoms with Gasteiger partial charge in [0.25, 0.3) is 5.69 Å². The lowest BCUT2D eigenvalue weighted by Crippen LogP contribution is -2.04. The second-order valence-electron chi connectivity index (χ2n) is 3.60. The minimum atomic E-state index is -0.423. The van der Waals surface area contributed by atoms with E-state index < -0.39 is 4.92 Å². The smallest absolute Gasteiger partial charge is 0.275 e. The first-order valence-electron chi connectivity index (χ1n) is 4.99. The molecule has 0 saturated heterocycles. The average molecular weight is 252 g/mol. The Bertz CT molecular complexity index is 566. The van der Waals surface area contributed by atoms with Gasteiger partial charge >= 0.3 is 0 Å². The minimum absolute atomic E-state index is 0.0330. The lowest BCUT2D eigenvalue weighted by Gasteiger charge is -2.07. The molecule has 0 spiro atoms. The number of hydrogen-bond acceptors (Lipinski definition) is 3. The van der Waals surface area contributed by atoms with Crippen LogP contribution in [0.15, 0.2) is 30.6 Å². The van der Waals surface area contributed by atoms with Gasteiger partial charge in [-0.05, 0) is 13.0 Å². The molecule has 1 aromatic carbocycles. The molecule has 1 heterocycles. The van der Waals surface area contributed by atoms with Crippen LogP contribution in [0.4, 0.5) is 5.69 Å². The molecule has 0 radical (unpaired) electrons. The highest BCUT2D eigenvalue weighted by Crippen LogP contribution is 2.27. The van der Waals surface area contributed by atoms with Crippen LogP contribution < -0.4 is 0 Å². The van der Waals surface area contributed by atoms with Crippen molar-refractivity contribution in [2.45, 2.75) is 13.5 Å². The number of nitro groups is 1. The van der Waals surface area contributed by atoms with Gasteiger partial charge < -0.3 is 4.57 Å². The van der Waals surface area contributed by atoms with Crippen molar-refractivity contribution in [3.63, 3.8) is 0 Å². The summed E-state index contributed by atoms with van der Waals surface area (Å²) in [6.07, 6.45) is 3.42. The van der Waals surface area contributed by atoms with Crippen LogP contribution in [-0.2, 0) is 6.54 Å². The fraction of sp³-hybridized carbons (Fsp3) is 0.182. The molecule has 0 aliphatic carbocycles. The quantitative estimate of drug-likeness (QED) is 0.622. The van der Waals surface area contributed by atoms with E-state index in [0.29, 0.717) is 17.1 Å². The van der Waals surface area contributed by atoms with Crippen molar-refractivity contribution < 1.29 is 4.92 Å². The van der Waals surface area contributed by atoms with Gasteiger partial charge in [0, 0.05) is 18.5 Å². The van der Waals surface area contributed by atoms with Crippen LogP contribution in [0.25, 0.3) is 0 Å². The second-order valence-corrected chi connectivity index (χ2v) is 4.00. The zero-order chi connectivity index (χ0) is 12.4. The molecule has 2 rings (SSSR count). The topological polar surface area (TPSA) is 61.0 Å². The zero-order valence-electron chi connectivity index (χ0n) is 9.13. The molecule has 0 aliphatic heterocycles. The fourth-order valence-corrected chi connectivity index (χ4v) is 1.85. The summed E-state index contributed by atoms with van der Waals surface area (Å²) in [5.74, 6) is 0.791. The summed E-state index contributed by atoms with van der Waals surface area (Å²) in [5.41, 5.74) is 0.533. The van der Waals surface area contributed by atoms with E-state index in [1.165, 1.54) is 6.07 Å².